The second-order valence-electron chi connectivity index (χ2n) is 5.08. The van der Waals surface area contributed by atoms with Gasteiger partial charge >= 0.3 is 0 Å². The summed E-state index contributed by atoms with van der Waals surface area (Å²) >= 11 is 0. The molecule has 1 aliphatic heterocycles. The number of hydrogen-bond donors (Lipinski definition) is 2. The standard InChI is InChI=1S/C12H25N3O/c1-10-5-7-13-11(9-10)12(16)14-6-4-8-15(2)3/h10-11,13H,4-9H2,1-3H3,(H,14,16). The van der Waals surface area contributed by atoms with Gasteiger partial charge in [0, 0.05) is 6.54 Å². The van der Waals surface area contributed by atoms with Gasteiger partial charge in [-0.05, 0) is 52.4 Å². The van der Waals surface area contributed by atoms with Gasteiger partial charge in [0.15, 0.2) is 0 Å². The van der Waals surface area contributed by atoms with Crippen LogP contribution in [0.25, 0.3) is 0 Å². The van der Waals surface area contributed by atoms with E-state index in [0.717, 1.165) is 32.5 Å². The lowest BCUT2D eigenvalue weighted by atomic mass is 9.94. The number of carbonyl (C=O) groups is 1. The summed E-state index contributed by atoms with van der Waals surface area (Å²) in [5.41, 5.74) is 0. The van der Waals surface area contributed by atoms with Crippen molar-refractivity contribution in [1.82, 2.24) is 15.5 Å². The molecule has 94 valence electrons. The molecule has 1 heterocycles. The van der Waals surface area contributed by atoms with Gasteiger partial charge in [0.05, 0.1) is 6.04 Å². The van der Waals surface area contributed by atoms with Crippen LogP contribution in [0.4, 0.5) is 0 Å². The van der Waals surface area contributed by atoms with Crippen molar-refractivity contribution in [3.63, 3.8) is 0 Å². The summed E-state index contributed by atoms with van der Waals surface area (Å²) in [4.78, 5) is 13.9. The number of nitrogens with one attached hydrogen (secondary N) is 2. The van der Waals surface area contributed by atoms with Gasteiger partial charge in [-0.3, -0.25) is 4.79 Å². The first-order chi connectivity index (χ1) is 7.59. The van der Waals surface area contributed by atoms with Crippen molar-refractivity contribution in [2.75, 3.05) is 33.7 Å². The highest BCUT2D eigenvalue weighted by Crippen LogP contribution is 2.14. The quantitative estimate of drug-likeness (QED) is 0.670. The molecule has 16 heavy (non-hydrogen) atoms. The molecular formula is C12H25N3O. The Labute approximate surface area is 98.8 Å². The molecule has 2 atom stereocenters. The molecule has 0 saturated carbocycles. The molecule has 1 aliphatic rings. The lowest BCUT2D eigenvalue weighted by molar-refractivity contribution is -0.124. The Kier molecular flexibility index (Phi) is 5.77. The van der Waals surface area contributed by atoms with Gasteiger partial charge in [-0.15, -0.1) is 0 Å². The zero-order chi connectivity index (χ0) is 12.0. The van der Waals surface area contributed by atoms with Crippen LogP contribution in [0.1, 0.15) is 26.2 Å². The molecule has 0 aromatic heterocycles. The topological polar surface area (TPSA) is 44.4 Å². The Morgan fingerprint density at radius 2 is 2.25 bits per heavy atom. The molecule has 0 aliphatic carbocycles. The van der Waals surface area contributed by atoms with Crippen molar-refractivity contribution >= 4 is 5.91 Å². The molecule has 1 saturated heterocycles. The zero-order valence-corrected chi connectivity index (χ0v) is 10.8. The number of piperidine rings is 1. The highest BCUT2D eigenvalue weighted by atomic mass is 16.2. The third kappa shape index (κ3) is 4.94. The van der Waals surface area contributed by atoms with Crippen LogP contribution in [0.15, 0.2) is 0 Å². The molecule has 0 aromatic carbocycles. The molecular weight excluding hydrogens is 202 g/mol. The first kappa shape index (κ1) is 13.5. The fourth-order valence-corrected chi connectivity index (χ4v) is 2.04. The average Bonchev–Trinajstić information content (AvgIpc) is 2.24. The van der Waals surface area contributed by atoms with Crippen molar-refractivity contribution in [2.24, 2.45) is 5.92 Å². The van der Waals surface area contributed by atoms with E-state index in [1.807, 2.05) is 14.1 Å². The van der Waals surface area contributed by atoms with Crippen LogP contribution in [0.2, 0.25) is 0 Å². The Morgan fingerprint density at radius 1 is 1.50 bits per heavy atom. The van der Waals surface area contributed by atoms with E-state index in [4.69, 9.17) is 0 Å². The first-order valence-corrected chi connectivity index (χ1v) is 6.25. The molecule has 0 spiro atoms. The average molecular weight is 227 g/mol. The molecule has 0 radical (unpaired) electrons. The van der Waals surface area contributed by atoms with Crippen LogP contribution in [-0.4, -0.2) is 50.6 Å². The maximum atomic E-state index is 11.8. The van der Waals surface area contributed by atoms with Crippen molar-refractivity contribution < 1.29 is 4.79 Å². The van der Waals surface area contributed by atoms with E-state index in [1.54, 1.807) is 0 Å². The van der Waals surface area contributed by atoms with Gasteiger partial charge in [-0.2, -0.15) is 0 Å². The van der Waals surface area contributed by atoms with E-state index in [2.05, 4.69) is 22.5 Å². The summed E-state index contributed by atoms with van der Waals surface area (Å²) in [7, 11) is 4.10. The van der Waals surface area contributed by atoms with Crippen LogP contribution in [0, 0.1) is 5.92 Å². The number of nitrogens with zero attached hydrogens (tertiary/aromatic N) is 1. The number of rotatable bonds is 5. The third-order valence-corrected chi connectivity index (χ3v) is 3.06. The minimum Gasteiger partial charge on any atom is -0.355 e. The van der Waals surface area contributed by atoms with Gasteiger partial charge in [-0.25, -0.2) is 0 Å². The number of carbonyl (C=O) groups excluding carboxylic acids is 1. The van der Waals surface area contributed by atoms with Crippen molar-refractivity contribution in [3.8, 4) is 0 Å². The summed E-state index contributed by atoms with van der Waals surface area (Å²) in [6, 6.07) is 0.0307. The molecule has 0 aromatic rings. The molecule has 1 fully saturated rings. The van der Waals surface area contributed by atoms with Crippen LogP contribution in [0.3, 0.4) is 0 Å². The Balaban J connectivity index is 2.14. The largest absolute Gasteiger partial charge is 0.355 e. The van der Waals surface area contributed by atoms with Gasteiger partial charge in [-0.1, -0.05) is 6.92 Å². The maximum Gasteiger partial charge on any atom is 0.237 e. The second-order valence-corrected chi connectivity index (χ2v) is 5.08. The van der Waals surface area contributed by atoms with E-state index in [9.17, 15) is 4.79 Å². The summed E-state index contributed by atoms with van der Waals surface area (Å²) in [5.74, 6) is 0.837. The summed E-state index contributed by atoms with van der Waals surface area (Å²) in [6.07, 6.45) is 3.17. The van der Waals surface area contributed by atoms with Crippen LogP contribution in [-0.2, 0) is 4.79 Å². The molecule has 1 rings (SSSR count). The molecule has 2 N–H and O–H groups in total. The predicted molar refractivity (Wildman–Crippen MR) is 66.4 cm³/mol. The van der Waals surface area contributed by atoms with Gasteiger partial charge < -0.3 is 15.5 Å². The molecule has 0 bridgehead atoms. The van der Waals surface area contributed by atoms with Gasteiger partial charge in [0.25, 0.3) is 0 Å². The van der Waals surface area contributed by atoms with E-state index in [-0.39, 0.29) is 11.9 Å². The van der Waals surface area contributed by atoms with Crippen LogP contribution in [0.5, 0.6) is 0 Å². The zero-order valence-electron chi connectivity index (χ0n) is 10.8. The highest BCUT2D eigenvalue weighted by molar-refractivity contribution is 5.81. The lowest BCUT2D eigenvalue weighted by Crippen LogP contribution is -2.48. The van der Waals surface area contributed by atoms with Crippen molar-refractivity contribution in [3.05, 3.63) is 0 Å². The fourth-order valence-electron chi connectivity index (χ4n) is 2.04. The maximum absolute atomic E-state index is 11.8. The molecule has 1 amide bonds. The van der Waals surface area contributed by atoms with E-state index in [1.165, 1.54) is 6.42 Å². The monoisotopic (exact) mass is 227 g/mol. The SMILES string of the molecule is CC1CCNC(C(=O)NCCCN(C)C)C1. The van der Waals surface area contributed by atoms with Crippen molar-refractivity contribution in [2.45, 2.75) is 32.2 Å². The van der Waals surface area contributed by atoms with Gasteiger partial charge in [0.2, 0.25) is 5.91 Å². The lowest BCUT2D eigenvalue weighted by Gasteiger charge is -2.27. The summed E-state index contributed by atoms with van der Waals surface area (Å²) in [6.45, 7) is 4.99. The van der Waals surface area contributed by atoms with Crippen LogP contribution >= 0.6 is 0 Å². The van der Waals surface area contributed by atoms with E-state index in [0.29, 0.717) is 5.92 Å². The number of hydrogen-bond acceptors (Lipinski definition) is 3. The minimum atomic E-state index is 0.0307. The normalized spacial score (nSPS) is 25.8. The van der Waals surface area contributed by atoms with Crippen LogP contribution < -0.4 is 10.6 Å². The summed E-state index contributed by atoms with van der Waals surface area (Å²) < 4.78 is 0. The smallest absolute Gasteiger partial charge is 0.237 e. The third-order valence-electron chi connectivity index (χ3n) is 3.06. The number of amides is 1. The van der Waals surface area contributed by atoms with E-state index < -0.39 is 0 Å². The Hall–Kier alpha value is -0.610. The fraction of sp³-hybridized carbons (Fsp3) is 0.917. The predicted octanol–water partition coefficient (Wildman–Crippen LogP) is 0.442. The van der Waals surface area contributed by atoms with Crippen molar-refractivity contribution in [1.29, 1.82) is 0 Å². The Morgan fingerprint density at radius 3 is 2.88 bits per heavy atom. The molecule has 4 nitrogen and oxygen atoms in total. The Bertz CT molecular complexity index is 218. The minimum absolute atomic E-state index is 0.0307. The summed E-state index contributed by atoms with van der Waals surface area (Å²) in [5, 5.41) is 6.28. The van der Waals surface area contributed by atoms with Gasteiger partial charge in [0.1, 0.15) is 0 Å². The highest BCUT2D eigenvalue weighted by Gasteiger charge is 2.23. The molecule has 4 heteroatoms. The molecule has 2 unspecified atom stereocenters. The second kappa shape index (κ2) is 6.86. The first-order valence-electron chi connectivity index (χ1n) is 6.25. The van der Waals surface area contributed by atoms with E-state index >= 15 is 0 Å².